The summed E-state index contributed by atoms with van der Waals surface area (Å²) in [5.41, 5.74) is 2.33. The van der Waals surface area contributed by atoms with Gasteiger partial charge in [0.2, 0.25) is 0 Å². The van der Waals surface area contributed by atoms with Gasteiger partial charge in [0, 0.05) is 17.7 Å². The summed E-state index contributed by atoms with van der Waals surface area (Å²) in [6, 6.07) is 15.8. The number of hydrogen-bond donors (Lipinski definition) is 1. The zero-order chi connectivity index (χ0) is 18.7. The number of rotatable bonds is 5. The number of H-pyrrole nitrogens is 1. The lowest BCUT2D eigenvalue weighted by atomic mass is 9.98. The van der Waals surface area contributed by atoms with E-state index in [2.05, 4.69) is 4.98 Å². The monoisotopic (exact) mass is 352 g/mol. The summed E-state index contributed by atoms with van der Waals surface area (Å²) in [6.45, 7) is 4.15. The highest BCUT2D eigenvalue weighted by Crippen LogP contribution is 2.18. The predicted octanol–water partition coefficient (Wildman–Crippen LogP) is 3.44. The van der Waals surface area contributed by atoms with Gasteiger partial charge in [0.15, 0.2) is 0 Å². The largest absolute Gasteiger partial charge is 0.328 e. The van der Waals surface area contributed by atoms with Crippen LogP contribution < -0.4 is 11.2 Å². The Kier molecular flexibility index (Phi) is 5.16. The first kappa shape index (κ1) is 17.9. The first-order valence-corrected chi connectivity index (χ1v) is 8.60. The van der Waals surface area contributed by atoms with Gasteiger partial charge in [-0.2, -0.15) is 0 Å². The third kappa shape index (κ3) is 3.82. The lowest BCUT2D eigenvalue weighted by molar-refractivity contribution is 0.622. The van der Waals surface area contributed by atoms with Gasteiger partial charge in [0.05, 0.1) is 6.54 Å². The molecule has 0 atom stereocenters. The van der Waals surface area contributed by atoms with E-state index in [0.29, 0.717) is 17.7 Å². The molecule has 3 rings (SSSR count). The number of halogens is 1. The Labute approximate surface area is 151 Å². The van der Waals surface area contributed by atoms with E-state index in [1.54, 1.807) is 16.7 Å². The fourth-order valence-electron chi connectivity index (χ4n) is 3.15. The number of nitrogens with one attached hydrogen (secondary N) is 1. The summed E-state index contributed by atoms with van der Waals surface area (Å²) < 4.78 is 14.8. The number of hydrogen-bond acceptors (Lipinski definition) is 2. The van der Waals surface area contributed by atoms with Crippen LogP contribution in [0.25, 0.3) is 0 Å². The van der Waals surface area contributed by atoms with Crippen molar-refractivity contribution in [3.63, 3.8) is 0 Å². The molecule has 0 saturated heterocycles. The first-order valence-electron chi connectivity index (χ1n) is 8.60. The summed E-state index contributed by atoms with van der Waals surface area (Å²) in [6.07, 6.45) is 0.481. The van der Waals surface area contributed by atoms with Crippen LogP contribution in [-0.2, 0) is 13.0 Å². The molecule has 1 N–H and O–H groups in total. The fraction of sp³-hybridized carbons (Fsp3) is 0.238. The predicted molar refractivity (Wildman–Crippen MR) is 100 cm³/mol. The summed E-state index contributed by atoms with van der Waals surface area (Å²) in [5.74, 6) is -0.354. The summed E-state index contributed by atoms with van der Waals surface area (Å²) >= 11 is 0. The fourth-order valence-corrected chi connectivity index (χ4v) is 3.15. The van der Waals surface area contributed by atoms with Gasteiger partial charge in [-0.05, 0) is 29.2 Å². The van der Waals surface area contributed by atoms with Crippen LogP contribution in [0.5, 0.6) is 0 Å². The van der Waals surface area contributed by atoms with Gasteiger partial charge in [0.1, 0.15) is 5.82 Å². The van der Waals surface area contributed by atoms with E-state index >= 15 is 0 Å². The molecule has 0 aliphatic carbocycles. The Bertz CT molecular complexity index is 1000. The van der Waals surface area contributed by atoms with E-state index in [-0.39, 0.29) is 23.8 Å². The highest BCUT2D eigenvalue weighted by atomic mass is 19.1. The maximum atomic E-state index is 13.2. The molecule has 2 aromatic carbocycles. The molecule has 5 heteroatoms. The second-order valence-corrected chi connectivity index (χ2v) is 6.65. The van der Waals surface area contributed by atoms with Crippen LogP contribution in [0.1, 0.15) is 42.1 Å². The van der Waals surface area contributed by atoms with Gasteiger partial charge in [-0.15, -0.1) is 0 Å². The van der Waals surface area contributed by atoms with Crippen LogP contribution in [-0.4, -0.2) is 9.55 Å². The topological polar surface area (TPSA) is 54.9 Å². The standard InChI is InChI=1S/C21H21FN2O2/c1-14(2)19-18(12-15-6-4-3-5-7-15)24(21(26)23-20(19)25)13-16-8-10-17(22)11-9-16/h3-11,14H,12-13H2,1-2H3,(H,23,25,26). The van der Waals surface area contributed by atoms with Crippen molar-refractivity contribution in [2.75, 3.05) is 0 Å². The van der Waals surface area contributed by atoms with Gasteiger partial charge in [-0.3, -0.25) is 14.3 Å². The molecule has 0 unspecified atom stereocenters. The molecule has 3 aromatic rings. The molecule has 1 aromatic heterocycles. The van der Waals surface area contributed by atoms with Crippen LogP contribution in [0.4, 0.5) is 4.39 Å². The average Bonchev–Trinajstić information content (AvgIpc) is 2.60. The van der Waals surface area contributed by atoms with Crippen LogP contribution in [0, 0.1) is 5.82 Å². The number of aromatic nitrogens is 2. The van der Waals surface area contributed by atoms with Crippen molar-refractivity contribution >= 4 is 0 Å². The van der Waals surface area contributed by atoms with Crippen molar-refractivity contribution in [3.8, 4) is 0 Å². The molecule has 0 fully saturated rings. The van der Waals surface area contributed by atoms with Crippen molar-refractivity contribution in [1.82, 2.24) is 9.55 Å². The highest BCUT2D eigenvalue weighted by Gasteiger charge is 2.18. The van der Waals surface area contributed by atoms with E-state index in [1.165, 1.54) is 12.1 Å². The van der Waals surface area contributed by atoms with Crippen LogP contribution in [0.15, 0.2) is 64.2 Å². The van der Waals surface area contributed by atoms with E-state index in [0.717, 1.165) is 11.1 Å². The molecule has 0 amide bonds. The Morgan fingerprint density at radius 1 is 0.962 bits per heavy atom. The zero-order valence-electron chi connectivity index (χ0n) is 14.8. The normalized spacial score (nSPS) is 11.1. The molecule has 134 valence electrons. The van der Waals surface area contributed by atoms with Gasteiger partial charge >= 0.3 is 5.69 Å². The lowest BCUT2D eigenvalue weighted by Gasteiger charge is -2.18. The van der Waals surface area contributed by atoms with Crippen molar-refractivity contribution < 1.29 is 4.39 Å². The van der Waals surface area contributed by atoms with Gasteiger partial charge in [-0.25, -0.2) is 9.18 Å². The van der Waals surface area contributed by atoms with E-state index in [9.17, 15) is 14.0 Å². The van der Waals surface area contributed by atoms with Crippen LogP contribution in [0.2, 0.25) is 0 Å². The van der Waals surface area contributed by atoms with Crippen molar-refractivity contribution in [2.45, 2.75) is 32.7 Å². The molecule has 0 radical (unpaired) electrons. The maximum absolute atomic E-state index is 13.2. The van der Waals surface area contributed by atoms with Gasteiger partial charge < -0.3 is 0 Å². The second kappa shape index (κ2) is 7.52. The Morgan fingerprint density at radius 2 is 1.62 bits per heavy atom. The number of benzene rings is 2. The summed E-state index contributed by atoms with van der Waals surface area (Å²) in [7, 11) is 0. The van der Waals surface area contributed by atoms with E-state index in [1.807, 2.05) is 44.2 Å². The quantitative estimate of drug-likeness (QED) is 0.765. The Balaban J connectivity index is 2.15. The van der Waals surface area contributed by atoms with Gasteiger partial charge in [-0.1, -0.05) is 56.3 Å². The Hall–Kier alpha value is -2.95. The first-order chi connectivity index (χ1) is 12.5. The SMILES string of the molecule is CC(C)c1c(Cc2ccccc2)n(Cc2ccc(F)cc2)c(=O)[nH]c1=O. The molecular formula is C21H21FN2O2. The molecule has 1 heterocycles. The molecule has 0 spiro atoms. The minimum atomic E-state index is -0.449. The highest BCUT2D eigenvalue weighted by molar-refractivity contribution is 5.30. The van der Waals surface area contributed by atoms with Crippen LogP contribution in [0.3, 0.4) is 0 Å². The van der Waals surface area contributed by atoms with Crippen molar-refractivity contribution in [1.29, 1.82) is 0 Å². The summed E-state index contributed by atoms with van der Waals surface area (Å²) in [5, 5.41) is 0. The van der Waals surface area contributed by atoms with E-state index < -0.39 is 5.69 Å². The third-order valence-corrected chi connectivity index (χ3v) is 4.39. The molecule has 0 aliphatic heterocycles. The molecule has 0 aliphatic rings. The van der Waals surface area contributed by atoms with E-state index in [4.69, 9.17) is 0 Å². The van der Waals surface area contributed by atoms with Gasteiger partial charge in [0.25, 0.3) is 5.56 Å². The third-order valence-electron chi connectivity index (χ3n) is 4.39. The molecule has 4 nitrogen and oxygen atoms in total. The van der Waals surface area contributed by atoms with Crippen molar-refractivity contribution in [3.05, 3.63) is 104 Å². The van der Waals surface area contributed by atoms with Crippen LogP contribution >= 0.6 is 0 Å². The second-order valence-electron chi connectivity index (χ2n) is 6.65. The lowest BCUT2D eigenvalue weighted by Crippen LogP contribution is -2.36. The number of aromatic amines is 1. The Morgan fingerprint density at radius 3 is 2.23 bits per heavy atom. The number of nitrogens with zero attached hydrogens (tertiary/aromatic N) is 1. The maximum Gasteiger partial charge on any atom is 0.328 e. The van der Waals surface area contributed by atoms with Crippen molar-refractivity contribution in [2.24, 2.45) is 0 Å². The minimum absolute atomic E-state index is 0.0301. The zero-order valence-corrected chi connectivity index (χ0v) is 14.8. The average molecular weight is 352 g/mol. The minimum Gasteiger partial charge on any atom is -0.293 e. The summed E-state index contributed by atoms with van der Waals surface area (Å²) in [4.78, 5) is 27.4. The molecule has 26 heavy (non-hydrogen) atoms. The molecule has 0 saturated carbocycles. The molecule has 0 bridgehead atoms. The molecular weight excluding hydrogens is 331 g/mol. The smallest absolute Gasteiger partial charge is 0.293 e.